The molecule has 0 saturated heterocycles. The second-order valence-corrected chi connectivity index (χ2v) is 4.24. The van der Waals surface area contributed by atoms with E-state index in [-0.39, 0.29) is 5.56 Å². The van der Waals surface area contributed by atoms with E-state index >= 15 is 0 Å². The summed E-state index contributed by atoms with van der Waals surface area (Å²) in [5.74, 6) is -0.598. The zero-order valence-electron chi connectivity index (χ0n) is 10.1. The molecule has 19 heavy (non-hydrogen) atoms. The van der Waals surface area contributed by atoms with Gasteiger partial charge in [-0.3, -0.25) is 0 Å². The Bertz CT molecular complexity index is 744. The summed E-state index contributed by atoms with van der Waals surface area (Å²) in [5, 5.41) is 9.06. The second kappa shape index (κ2) is 4.20. The van der Waals surface area contributed by atoms with Crippen LogP contribution in [0.4, 0.5) is 0 Å². The number of nitrogens with zero attached hydrogens (tertiary/aromatic N) is 2. The summed E-state index contributed by atoms with van der Waals surface area (Å²) in [5.41, 5.74) is 2.78. The number of pyridine rings is 1. The molecule has 1 N–H and O–H groups in total. The van der Waals surface area contributed by atoms with Crippen LogP contribution in [0.15, 0.2) is 40.9 Å². The molecule has 0 saturated carbocycles. The molecule has 0 bridgehead atoms. The number of carboxylic acids is 1. The first-order valence-electron chi connectivity index (χ1n) is 5.70. The van der Waals surface area contributed by atoms with Crippen molar-refractivity contribution >= 4 is 17.2 Å². The summed E-state index contributed by atoms with van der Waals surface area (Å²) in [6.07, 6.45) is 1.63. The van der Waals surface area contributed by atoms with Crippen LogP contribution in [-0.4, -0.2) is 21.0 Å². The zero-order valence-corrected chi connectivity index (χ0v) is 10.1. The molecule has 94 valence electrons. The van der Waals surface area contributed by atoms with E-state index in [0.29, 0.717) is 22.7 Å². The lowest BCUT2D eigenvalue weighted by molar-refractivity contribution is 0.0697. The average molecular weight is 254 g/mol. The van der Waals surface area contributed by atoms with Gasteiger partial charge in [-0.15, -0.1) is 0 Å². The fraction of sp³-hybridized carbons (Fsp3) is 0.0714. The van der Waals surface area contributed by atoms with Crippen LogP contribution in [0.25, 0.3) is 22.7 Å². The molecule has 5 heteroatoms. The first kappa shape index (κ1) is 11.4. The Labute approximate surface area is 108 Å². The van der Waals surface area contributed by atoms with Crippen molar-refractivity contribution in [3.63, 3.8) is 0 Å². The van der Waals surface area contributed by atoms with Gasteiger partial charge in [0.2, 0.25) is 5.89 Å². The predicted octanol–water partition coefficient (Wildman–Crippen LogP) is 2.90. The van der Waals surface area contributed by atoms with Crippen LogP contribution >= 0.6 is 0 Å². The molecular weight excluding hydrogens is 244 g/mol. The normalized spacial score (nSPS) is 10.8. The number of aromatic carboxylic acids is 1. The number of hydrogen-bond acceptors (Lipinski definition) is 4. The number of rotatable bonds is 2. The van der Waals surface area contributed by atoms with Gasteiger partial charge in [-0.25, -0.2) is 9.78 Å². The standard InChI is InChI=1S/C14H10N2O3/c1-8-5-9(7-10(6-8)14(17)18)13-16-12-11(19-13)3-2-4-15-12/h2-7H,1H3,(H,17,18). The van der Waals surface area contributed by atoms with Crippen molar-refractivity contribution in [2.24, 2.45) is 0 Å². The molecule has 0 aliphatic rings. The van der Waals surface area contributed by atoms with Crippen LogP contribution in [0.5, 0.6) is 0 Å². The molecule has 2 aromatic heterocycles. The SMILES string of the molecule is Cc1cc(C(=O)O)cc(-c2nc3ncccc3o2)c1. The van der Waals surface area contributed by atoms with E-state index in [1.807, 2.05) is 13.0 Å². The summed E-state index contributed by atoms with van der Waals surface area (Å²) >= 11 is 0. The van der Waals surface area contributed by atoms with E-state index in [9.17, 15) is 4.79 Å². The Balaban J connectivity index is 2.17. The monoisotopic (exact) mass is 254 g/mol. The van der Waals surface area contributed by atoms with Crippen LogP contribution < -0.4 is 0 Å². The van der Waals surface area contributed by atoms with E-state index in [1.165, 1.54) is 0 Å². The number of oxazole rings is 1. The van der Waals surface area contributed by atoms with E-state index in [0.717, 1.165) is 5.56 Å². The van der Waals surface area contributed by atoms with Crippen molar-refractivity contribution in [1.29, 1.82) is 0 Å². The maximum Gasteiger partial charge on any atom is 0.335 e. The smallest absolute Gasteiger partial charge is 0.335 e. The minimum atomic E-state index is -0.973. The highest BCUT2D eigenvalue weighted by atomic mass is 16.4. The van der Waals surface area contributed by atoms with Crippen molar-refractivity contribution < 1.29 is 14.3 Å². The molecule has 0 unspecified atom stereocenters. The molecule has 3 aromatic rings. The number of carbonyl (C=O) groups is 1. The summed E-state index contributed by atoms with van der Waals surface area (Å²) in [7, 11) is 0. The topological polar surface area (TPSA) is 76.2 Å². The third-order valence-electron chi connectivity index (χ3n) is 2.74. The quantitative estimate of drug-likeness (QED) is 0.760. The third-order valence-corrected chi connectivity index (χ3v) is 2.74. The second-order valence-electron chi connectivity index (χ2n) is 4.24. The molecule has 0 fully saturated rings. The number of aromatic nitrogens is 2. The van der Waals surface area contributed by atoms with E-state index in [4.69, 9.17) is 9.52 Å². The number of benzene rings is 1. The highest BCUT2D eigenvalue weighted by Crippen LogP contribution is 2.25. The van der Waals surface area contributed by atoms with E-state index in [2.05, 4.69) is 9.97 Å². The molecule has 2 heterocycles. The summed E-state index contributed by atoms with van der Waals surface area (Å²) < 4.78 is 5.58. The summed E-state index contributed by atoms with van der Waals surface area (Å²) in [6.45, 7) is 1.83. The van der Waals surface area contributed by atoms with E-state index < -0.39 is 5.97 Å². The molecule has 0 aliphatic heterocycles. The van der Waals surface area contributed by atoms with Gasteiger partial charge in [-0.2, -0.15) is 4.98 Å². The van der Waals surface area contributed by atoms with Crippen LogP contribution in [0.3, 0.4) is 0 Å². The van der Waals surface area contributed by atoms with Crippen molar-refractivity contribution in [2.75, 3.05) is 0 Å². The van der Waals surface area contributed by atoms with Gasteiger partial charge in [0.25, 0.3) is 0 Å². The van der Waals surface area contributed by atoms with Crippen LogP contribution in [0, 0.1) is 6.92 Å². The summed E-state index contributed by atoms with van der Waals surface area (Å²) in [4.78, 5) is 19.4. The van der Waals surface area contributed by atoms with Gasteiger partial charge in [-0.05, 0) is 42.8 Å². The molecule has 3 rings (SSSR count). The Hall–Kier alpha value is -2.69. The number of fused-ring (bicyclic) bond motifs is 1. The molecular formula is C14H10N2O3. The maximum atomic E-state index is 11.0. The molecule has 1 aromatic carbocycles. The van der Waals surface area contributed by atoms with E-state index in [1.54, 1.807) is 30.5 Å². The van der Waals surface area contributed by atoms with Crippen LogP contribution in [0.2, 0.25) is 0 Å². The van der Waals surface area contributed by atoms with Gasteiger partial charge < -0.3 is 9.52 Å². The van der Waals surface area contributed by atoms with Crippen LogP contribution in [0.1, 0.15) is 15.9 Å². The average Bonchev–Trinajstić information content (AvgIpc) is 2.81. The zero-order chi connectivity index (χ0) is 13.4. The lowest BCUT2D eigenvalue weighted by atomic mass is 10.1. The van der Waals surface area contributed by atoms with Gasteiger partial charge in [-0.1, -0.05) is 0 Å². The van der Waals surface area contributed by atoms with Crippen molar-refractivity contribution in [3.05, 3.63) is 47.7 Å². The molecule has 0 aliphatic carbocycles. The highest BCUT2D eigenvalue weighted by molar-refractivity contribution is 5.89. The number of carboxylic acid groups (broad SMARTS) is 1. The highest BCUT2D eigenvalue weighted by Gasteiger charge is 2.12. The molecule has 0 atom stereocenters. The molecule has 0 spiro atoms. The third kappa shape index (κ3) is 2.06. The first-order chi connectivity index (χ1) is 9.13. The Morgan fingerprint density at radius 2 is 2.16 bits per heavy atom. The lowest BCUT2D eigenvalue weighted by Gasteiger charge is -2.01. The van der Waals surface area contributed by atoms with Crippen LogP contribution in [-0.2, 0) is 0 Å². The van der Waals surface area contributed by atoms with Gasteiger partial charge in [0.05, 0.1) is 5.56 Å². The minimum absolute atomic E-state index is 0.213. The molecule has 0 radical (unpaired) electrons. The number of aryl methyl sites for hydroxylation is 1. The van der Waals surface area contributed by atoms with Crippen molar-refractivity contribution in [3.8, 4) is 11.5 Å². The first-order valence-corrected chi connectivity index (χ1v) is 5.70. The van der Waals surface area contributed by atoms with Gasteiger partial charge in [0, 0.05) is 11.8 Å². The van der Waals surface area contributed by atoms with Gasteiger partial charge in [0.15, 0.2) is 11.2 Å². The largest absolute Gasteiger partial charge is 0.478 e. The molecule has 5 nitrogen and oxygen atoms in total. The lowest BCUT2D eigenvalue weighted by Crippen LogP contribution is -1.97. The Kier molecular flexibility index (Phi) is 2.52. The molecule has 0 amide bonds. The summed E-state index contributed by atoms with van der Waals surface area (Å²) in [6, 6.07) is 8.51. The fourth-order valence-electron chi connectivity index (χ4n) is 1.92. The van der Waals surface area contributed by atoms with Gasteiger partial charge in [0.1, 0.15) is 0 Å². The fourth-order valence-corrected chi connectivity index (χ4v) is 1.92. The maximum absolute atomic E-state index is 11.0. The predicted molar refractivity (Wildman–Crippen MR) is 68.9 cm³/mol. The van der Waals surface area contributed by atoms with Gasteiger partial charge >= 0.3 is 5.97 Å². The van der Waals surface area contributed by atoms with Crippen molar-refractivity contribution in [2.45, 2.75) is 6.92 Å². The Morgan fingerprint density at radius 1 is 1.32 bits per heavy atom. The number of hydrogen-bond donors (Lipinski definition) is 1. The Morgan fingerprint density at radius 3 is 2.89 bits per heavy atom. The van der Waals surface area contributed by atoms with Crippen molar-refractivity contribution in [1.82, 2.24) is 9.97 Å². The minimum Gasteiger partial charge on any atom is -0.478 e.